The minimum atomic E-state index is -0.515. The van der Waals surface area contributed by atoms with Gasteiger partial charge in [-0.2, -0.15) is 10.5 Å². The van der Waals surface area contributed by atoms with Gasteiger partial charge in [0.2, 0.25) is 0 Å². The first-order valence-corrected chi connectivity index (χ1v) is 11.9. The van der Waals surface area contributed by atoms with Crippen LogP contribution >= 0.6 is 31.9 Å². The molecule has 0 bridgehead atoms. The molecule has 1 aliphatic rings. The van der Waals surface area contributed by atoms with Crippen molar-refractivity contribution in [1.29, 1.82) is 10.5 Å². The lowest BCUT2D eigenvalue weighted by molar-refractivity contribution is 0.0185. The summed E-state index contributed by atoms with van der Waals surface area (Å²) in [4.78, 5) is 13.8. The van der Waals surface area contributed by atoms with Crippen molar-refractivity contribution in [3.63, 3.8) is 0 Å². The van der Waals surface area contributed by atoms with Crippen molar-refractivity contribution < 1.29 is 9.53 Å². The van der Waals surface area contributed by atoms with Crippen LogP contribution in [0.2, 0.25) is 0 Å². The largest absolute Gasteiger partial charge is 0.444 e. The number of halogens is 2. The molecule has 2 aromatic rings. The Morgan fingerprint density at radius 2 is 1.50 bits per heavy atom. The van der Waals surface area contributed by atoms with Crippen LogP contribution in [0.5, 0.6) is 0 Å². The Morgan fingerprint density at radius 3 is 1.94 bits per heavy atom. The van der Waals surface area contributed by atoms with Gasteiger partial charge in [-0.05, 0) is 69.0 Å². The van der Waals surface area contributed by atoms with Crippen molar-refractivity contribution in [2.75, 3.05) is 13.1 Å². The van der Waals surface area contributed by atoms with Gasteiger partial charge in [-0.25, -0.2) is 4.79 Å². The molecule has 0 aromatic heterocycles. The summed E-state index contributed by atoms with van der Waals surface area (Å²) in [5.74, 6) is 0. The monoisotopic (exact) mass is 559 g/mol. The Bertz CT molecular complexity index is 976. The zero-order valence-corrected chi connectivity index (χ0v) is 21.7. The van der Waals surface area contributed by atoms with E-state index in [9.17, 15) is 10.1 Å². The van der Waals surface area contributed by atoms with E-state index in [1.807, 2.05) is 69.3 Å². The molecule has 1 heterocycles. The van der Waals surface area contributed by atoms with E-state index in [4.69, 9.17) is 10.00 Å². The Labute approximate surface area is 207 Å². The number of piperidine rings is 1. The van der Waals surface area contributed by atoms with Crippen molar-refractivity contribution in [3.8, 4) is 12.1 Å². The quantitative estimate of drug-likeness (QED) is 0.406. The fourth-order valence-corrected chi connectivity index (χ4v) is 3.85. The van der Waals surface area contributed by atoms with E-state index in [2.05, 4.69) is 44.0 Å². The molecular formula is C25H27Br2N3O2. The third-order valence-corrected chi connectivity index (χ3v) is 6.13. The van der Waals surface area contributed by atoms with Gasteiger partial charge in [-0.15, -0.1) is 0 Å². The van der Waals surface area contributed by atoms with Crippen LogP contribution < -0.4 is 0 Å². The van der Waals surface area contributed by atoms with Gasteiger partial charge in [0.25, 0.3) is 0 Å². The Hall–Kier alpha value is -2.35. The fourth-order valence-electron chi connectivity index (χ4n) is 3.32. The van der Waals surface area contributed by atoms with Crippen LogP contribution in [0, 0.1) is 22.7 Å². The minimum Gasteiger partial charge on any atom is -0.444 e. The summed E-state index contributed by atoms with van der Waals surface area (Å²) >= 11 is 6.73. The Kier molecular flexibility index (Phi) is 9.31. The van der Waals surface area contributed by atoms with Crippen LogP contribution in [0.1, 0.15) is 44.7 Å². The van der Waals surface area contributed by atoms with Gasteiger partial charge in [0, 0.05) is 22.0 Å². The van der Waals surface area contributed by atoms with Gasteiger partial charge in [-0.3, -0.25) is 0 Å². The predicted octanol–water partition coefficient (Wildman–Crippen LogP) is 6.76. The van der Waals surface area contributed by atoms with Crippen LogP contribution in [0.3, 0.4) is 0 Å². The predicted molar refractivity (Wildman–Crippen MR) is 132 cm³/mol. The fraction of sp³-hybridized carbons (Fsp3) is 0.400. The summed E-state index contributed by atoms with van der Waals surface area (Å²) in [6, 6.07) is 20.2. The first kappa shape index (κ1) is 25.9. The Morgan fingerprint density at radius 1 is 1.00 bits per heavy atom. The average Bonchev–Trinajstić information content (AvgIpc) is 2.75. The number of carbonyl (C=O) groups is 1. The maximum Gasteiger partial charge on any atom is 0.410 e. The molecule has 0 unspecified atom stereocenters. The third kappa shape index (κ3) is 7.65. The van der Waals surface area contributed by atoms with Gasteiger partial charge in [0.1, 0.15) is 5.60 Å². The van der Waals surface area contributed by atoms with Gasteiger partial charge in [0.05, 0.1) is 24.0 Å². The first-order valence-electron chi connectivity index (χ1n) is 10.4. The Balaban J connectivity index is 0.000000303. The van der Waals surface area contributed by atoms with Gasteiger partial charge >= 0.3 is 6.09 Å². The van der Waals surface area contributed by atoms with Crippen molar-refractivity contribution >= 4 is 38.0 Å². The summed E-state index contributed by atoms with van der Waals surface area (Å²) in [6.07, 6.45) is 1.46. The van der Waals surface area contributed by atoms with Crippen LogP contribution in [0.4, 0.5) is 4.79 Å². The van der Waals surface area contributed by atoms with Crippen molar-refractivity contribution in [2.24, 2.45) is 0 Å². The van der Waals surface area contributed by atoms with E-state index < -0.39 is 11.0 Å². The number of hydrogen-bond donors (Lipinski definition) is 0. The molecule has 0 atom stereocenters. The molecule has 0 aliphatic carbocycles. The van der Waals surface area contributed by atoms with Crippen LogP contribution in [0.15, 0.2) is 57.5 Å². The summed E-state index contributed by atoms with van der Waals surface area (Å²) in [6.45, 7) is 6.65. The summed E-state index contributed by atoms with van der Waals surface area (Å²) < 4.78 is 7.44. The second-order valence-electron chi connectivity index (χ2n) is 8.63. The molecule has 3 rings (SSSR count). The van der Waals surface area contributed by atoms with E-state index in [0.717, 1.165) is 20.1 Å². The minimum absolute atomic E-state index is 0.296. The summed E-state index contributed by atoms with van der Waals surface area (Å²) in [7, 11) is 0. The number of likely N-dealkylation sites (tertiary alicyclic amines) is 1. The number of amides is 1. The first-order chi connectivity index (χ1) is 15.1. The standard InChI is InChI=1S/C17H21BrN2O2.C8H6BrN/c1-16(2,3)22-15(21)20-10-8-17(12-19,9-11-20)13-4-6-14(18)7-5-13;9-8-3-1-7(2-4-8)5-6-10/h4-7H,8-11H2,1-3H3;1-4H,5H2. The molecule has 2 aromatic carbocycles. The molecule has 0 N–H and O–H groups in total. The number of nitriles is 2. The van der Waals surface area contributed by atoms with Crippen molar-refractivity contribution in [2.45, 2.75) is 51.0 Å². The molecule has 1 aliphatic heterocycles. The molecule has 0 spiro atoms. The molecular weight excluding hydrogens is 534 g/mol. The average molecular weight is 561 g/mol. The number of hydrogen-bond acceptors (Lipinski definition) is 4. The van der Waals surface area contributed by atoms with Crippen LogP contribution in [-0.2, 0) is 16.6 Å². The van der Waals surface area contributed by atoms with Crippen molar-refractivity contribution in [3.05, 3.63) is 68.6 Å². The smallest absolute Gasteiger partial charge is 0.410 e. The molecule has 32 heavy (non-hydrogen) atoms. The maximum absolute atomic E-state index is 12.1. The van der Waals surface area contributed by atoms with Gasteiger partial charge in [-0.1, -0.05) is 56.1 Å². The highest BCUT2D eigenvalue weighted by molar-refractivity contribution is 9.10. The second kappa shape index (κ2) is 11.5. The molecule has 1 saturated heterocycles. The lowest BCUT2D eigenvalue weighted by Crippen LogP contribution is -2.46. The number of ether oxygens (including phenoxy) is 1. The molecule has 1 amide bonds. The second-order valence-corrected chi connectivity index (χ2v) is 10.5. The highest BCUT2D eigenvalue weighted by Gasteiger charge is 2.38. The molecule has 0 radical (unpaired) electrons. The molecule has 7 heteroatoms. The molecule has 168 valence electrons. The van der Waals surface area contributed by atoms with Gasteiger partial charge in [0.15, 0.2) is 0 Å². The van der Waals surface area contributed by atoms with E-state index >= 15 is 0 Å². The molecule has 5 nitrogen and oxygen atoms in total. The molecule has 1 fully saturated rings. The van der Waals surface area contributed by atoms with Crippen LogP contribution in [-0.4, -0.2) is 29.7 Å². The number of benzene rings is 2. The van der Waals surface area contributed by atoms with E-state index in [0.29, 0.717) is 32.4 Å². The highest BCUT2D eigenvalue weighted by atomic mass is 79.9. The third-order valence-electron chi connectivity index (χ3n) is 5.08. The van der Waals surface area contributed by atoms with Gasteiger partial charge < -0.3 is 9.64 Å². The SMILES string of the molecule is CC(C)(C)OC(=O)N1CCC(C#N)(c2ccc(Br)cc2)CC1.N#CCc1ccc(Br)cc1. The lowest BCUT2D eigenvalue weighted by Gasteiger charge is -2.38. The van der Waals surface area contributed by atoms with E-state index in [1.165, 1.54) is 0 Å². The highest BCUT2D eigenvalue weighted by Crippen LogP contribution is 2.35. The topological polar surface area (TPSA) is 77.1 Å². The zero-order valence-electron chi connectivity index (χ0n) is 18.6. The van der Waals surface area contributed by atoms with Crippen molar-refractivity contribution in [1.82, 2.24) is 4.90 Å². The number of carbonyl (C=O) groups excluding carboxylic acids is 1. The van der Waals surface area contributed by atoms with E-state index in [1.54, 1.807) is 4.90 Å². The molecule has 0 saturated carbocycles. The van der Waals surface area contributed by atoms with E-state index in [-0.39, 0.29) is 6.09 Å². The summed E-state index contributed by atoms with van der Waals surface area (Å²) in [5, 5.41) is 18.0. The zero-order chi connectivity index (χ0) is 23.8. The normalized spacial score (nSPS) is 14.9. The van der Waals surface area contributed by atoms with Crippen LogP contribution in [0.25, 0.3) is 0 Å². The maximum atomic E-state index is 12.1. The number of nitrogens with zero attached hydrogens (tertiary/aromatic N) is 3. The number of rotatable bonds is 2. The lowest BCUT2D eigenvalue weighted by atomic mass is 9.74. The summed E-state index contributed by atoms with van der Waals surface area (Å²) in [5.41, 5.74) is 1.07.